The highest BCUT2D eigenvalue weighted by Gasteiger charge is 2.24. The van der Waals surface area contributed by atoms with Crippen molar-refractivity contribution in [3.05, 3.63) is 47.1 Å². The van der Waals surface area contributed by atoms with Gasteiger partial charge >= 0.3 is 6.61 Å². The molecule has 1 aromatic carbocycles. The zero-order valence-corrected chi connectivity index (χ0v) is 18.3. The number of thiazole rings is 1. The summed E-state index contributed by atoms with van der Waals surface area (Å²) in [6.07, 6.45) is 0. The predicted octanol–water partition coefficient (Wildman–Crippen LogP) is 5.74. The van der Waals surface area contributed by atoms with Crippen molar-refractivity contribution in [2.45, 2.75) is 52.7 Å². The molecule has 3 aromatic rings. The zero-order valence-electron chi connectivity index (χ0n) is 17.4. The standard InChI is InChI=1S/C21H24F2N4O2S/c1-12(2)16-10-14(26-27(16)21(3,4)5)18(28)25-20-24-15(11-30-20)13-8-6-7-9-17(13)29-19(22)23/h6-12,19H,1-5H3,(H,24,25,28). The van der Waals surface area contributed by atoms with Crippen LogP contribution >= 0.6 is 11.3 Å². The number of benzene rings is 1. The predicted molar refractivity (Wildman–Crippen MR) is 113 cm³/mol. The molecule has 0 atom stereocenters. The SMILES string of the molecule is CC(C)c1cc(C(=O)Nc2nc(-c3ccccc3OC(F)F)cs2)nn1C(C)(C)C. The molecule has 2 heterocycles. The van der Waals surface area contributed by atoms with Crippen LogP contribution in [0.15, 0.2) is 35.7 Å². The molecular formula is C21H24F2N4O2S. The smallest absolute Gasteiger partial charge is 0.387 e. The van der Waals surface area contributed by atoms with Crippen molar-refractivity contribution in [2.75, 3.05) is 5.32 Å². The molecule has 0 aliphatic rings. The van der Waals surface area contributed by atoms with Crippen LogP contribution in [0.1, 0.15) is 56.7 Å². The van der Waals surface area contributed by atoms with Gasteiger partial charge in [0.2, 0.25) is 0 Å². The molecule has 0 fully saturated rings. The van der Waals surface area contributed by atoms with Crippen LogP contribution in [-0.4, -0.2) is 27.3 Å². The van der Waals surface area contributed by atoms with Crippen molar-refractivity contribution in [2.24, 2.45) is 0 Å². The van der Waals surface area contributed by atoms with E-state index in [9.17, 15) is 13.6 Å². The molecular weight excluding hydrogens is 410 g/mol. The minimum absolute atomic E-state index is 0.0289. The molecule has 1 amide bonds. The van der Waals surface area contributed by atoms with Crippen LogP contribution in [-0.2, 0) is 5.54 Å². The number of halogens is 2. The summed E-state index contributed by atoms with van der Waals surface area (Å²) in [6.45, 7) is 7.25. The van der Waals surface area contributed by atoms with Gasteiger partial charge in [-0.2, -0.15) is 13.9 Å². The maximum Gasteiger partial charge on any atom is 0.387 e. The van der Waals surface area contributed by atoms with E-state index in [1.54, 1.807) is 29.6 Å². The molecule has 9 heteroatoms. The van der Waals surface area contributed by atoms with E-state index in [4.69, 9.17) is 0 Å². The number of hydrogen-bond acceptors (Lipinski definition) is 5. The van der Waals surface area contributed by atoms with Gasteiger partial charge in [-0.3, -0.25) is 14.8 Å². The average Bonchev–Trinajstić information content (AvgIpc) is 3.28. The number of amides is 1. The Balaban J connectivity index is 1.83. The molecule has 3 rings (SSSR count). The topological polar surface area (TPSA) is 69.0 Å². The summed E-state index contributed by atoms with van der Waals surface area (Å²) in [6, 6.07) is 8.18. The Kier molecular flexibility index (Phi) is 6.21. The number of rotatable bonds is 6. The van der Waals surface area contributed by atoms with Crippen LogP contribution in [0.4, 0.5) is 13.9 Å². The van der Waals surface area contributed by atoms with E-state index in [2.05, 4.69) is 20.1 Å². The highest BCUT2D eigenvalue weighted by molar-refractivity contribution is 7.14. The summed E-state index contributed by atoms with van der Waals surface area (Å²) in [4.78, 5) is 17.1. The van der Waals surface area contributed by atoms with Crippen molar-refractivity contribution in [3.8, 4) is 17.0 Å². The molecule has 1 N–H and O–H groups in total. The minimum Gasteiger partial charge on any atom is -0.434 e. The average molecular weight is 435 g/mol. The summed E-state index contributed by atoms with van der Waals surface area (Å²) >= 11 is 1.20. The van der Waals surface area contributed by atoms with Crippen LogP contribution in [0, 0.1) is 0 Å². The van der Waals surface area contributed by atoms with E-state index < -0.39 is 6.61 Å². The lowest BCUT2D eigenvalue weighted by molar-refractivity contribution is -0.0494. The van der Waals surface area contributed by atoms with Gasteiger partial charge in [-0.15, -0.1) is 11.3 Å². The fourth-order valence-corrected chi connectivity index (χ4v) is 3.65. The van der Waals surface area contributed by atoms with Gasteiger partial charge in [0, 0.05) is 16.6 Å². The molecule has 0 saturated heterocycles. The van der Waals surface area contributed by atoms with E-state index in [0.717, 1.165) is 5.69 Å². The Bertz CT molecular complexity index is 1040. The monoisotopic (exact) mass is 434 g/mol. The third-order valence-corrected chi connectivity index (χ3v) is 5.06. The Hall–Kier alpha value is -2.81. The molecule has 0 aliphatic carbocycles. The lowest BCUT2D eigenvalue weighted by atomic mass is 10.1. The second-order valence-corrected chi connectivity index (χ2v) is 8.92. The summed E-state index contributed by atoms with van der Waals surface area (Å²) in [5, 5.41) is 9.25. The number of nitrogens with zero attached hydrogens (tertiary/aromatic N) is 3. The fourth-order valence-electron chi connectivity index (χ4n) is 2.95. The normalized spacial score (nSPS) is 11.9. The van der Waals surface area contributed by atoms with Crippen molar-refractivity contribution in [1.82, 2.24) is 14.8 Å². The number of nitrogens with one attached hydrogen (secondary N) is 1. The Morgan fingerprint density at radius 2 is 1.93 bits per heavy atom. The van der Waals surface area contributed by atoms with E-state index in [-0.39, 0.29) is 23.1 Å². The summed E-state index contributed by atoms with van der Waals surface area (Å²) < 4.78 is 31.7. The number of ether oxygens (including phenoxy) is 1. The first-order valence-electron chi connectivity index (χ1n) is 9.47. The first-order valence-corrected chi connectivity index (χ1v) is 10.4. The molecule has 0 spiro atoms. The van der Waals surface area contributed by atoms with E-state index in [1.807, 2.05) is 39.3 Å². The lowest BCUT2D eigenvalue weighted by Gasteiger charge is -2.23. The van der Waals surface area contributed by atoms with Crippen molar-refractivity contribution in [1.29, 1.82) is 0 Å². The maximum atomic E-state index is 12.7. The van der Waals surface area contributed by atoms with Gasteiger partial charge in [0.15, 0.2) is 10.8 Å². The first-order chi connectivity index (χ1) is 14.1. The Morgan fingerprint density at radius 3 is 2.53 bits per heavy atom. The van der Waals surface area contributed by atoms with Gasteiger partial charge in [0.25, 0.3) is 5.91 Å². The van der Waals surface area contributed by atoms with Gasteiger partial charge in [-0.25, -0.2) is 4.98 Å². The largest absolute Gasteiger partial charge is 0.434 e. The minimum atomic E-state index is -2.93. The van der Waals surface area contributed by atoms with Crippen LogP contribution < -0.4 is 10.1 Å². The number of anilines is 1. The third-order valence-electron chi connectivity index (χ3n) is 4.30. The maximum absolute atomic E-state index is 12.7. The molecule has 0 saturated carbocycles. The number of hydrogen-bond donors (Lipinski definition) is 1. The zero-order chi connectivity index (χ0) is 22.1. The molecule has 0 aliphatic heterocycles. The van der Waals surface area contributed by atoms with Gasteiger partial charge in [-0.05, 0) is 44.9 Å². The first kappa shape index (κ1) is 21.9. The quantitative estimate of drug-likeness (QED) is 0.537. The second-order valence-electron chi connectivity index (χ2n) is 8.06. The lowest BCUT2D eigenvalue weighted by Crippen LogP contribution is -2.26. The number of carbonyl (C=O) groups is 1. The van der Waals surface area contributed by atoms with E-state index >= 15 is 0 Å². The molecule has 0 radical (unpaired) electrons. The summed E-state index contributed by atoms with van der Waals surface area (Å²) in [5.41, 5.74) is 1.86. The molecule has 2 aromatic heterocycles. The molecule has 160 valence electrons. The molecule has 6 nitrogen and oxygen atoms in total. The number of carbonyl (C=O) groups excluding carboxylic acids is 1. The van der Waals surface area contributed by atoms with E-state index in [1.165, 1.54) is 17.4 Å². The van der Waals surface area contributed by atoms with E-state index in [0.29, 0.717) is 22.1 Å². The Labute approximate surface area is 177 Å². The van der Waals surface area contributed by atoms with Gasteiger partial charge in [0.1, 0.15) is 5.75 Å². The summed E-state index contributed by atoms with van der Waals surface area (Å²) in [7, 11) is 0. The highest BCUT2D eigenvalue weighted by atomic mass is 32.1. The second kappa shape index (κ2) is 8.51. The number of alkyl halides is 2. The Morgan fingerprint density at radius 1 is 1.23 bits per heavy atom. The molecule has 0 unspecified atom stereocenters. The van der Waals surface area contributed by atoms with Gasteiger partial charge in [0.05, 0.1) is 11.2 Å². The van der Waals surface area contributed by atoms with Crippen molar-refractivity contribution < 1.29 is 18.3 Å². The highest BCUT2D eigenvalue weighted by Crippen LogP contribution is 2.33. The third kappa shape index (κ3) is 4.84. The van der Waals surface area contributed by atoms with Gasteiger partial charge < -0.3 is 4.74 Å². The van der Waals surface area contributed by atoms with Crippen LogP contribution in [0.2, 0.25) is 0 Å². The van der Waals surface area contributed by atoms with Crippen molar-refractivity contribution >= 4 is 22.4 Å². The molecule has 0 bridgehead atoms. The number of aromatic nitrogens is 3. The van der Waals surface area contributed by atoms with Crippen LogP contribution in [0.3, 0.4) is 0 Å². The van der Waals surface area contributed by atoms with Gasteiger partial charge in [-0.1, -0.05) is 26.0 Å². The summed E-state index contributed by atoms with van der Waals surface area (Å²) in [5.74, 6) is -0.143. The van der Waals surface area contributed by atoms with Crippen molar-refractivity contribution in [3.63, 3.8) is 0 Å². The fraction of sp³-hybridized carbons (Fsp3) is 0.381. The van der Waals surface area contributed by atoms with Crippen LogP contribution in [0.25, 0.3) is 11.3 Å². The van der Waals surface area contributed by atoms with Crippen LogP contribution in [0.5, 0.6) is 5.75 Å². The molecule has 30 heavy (non-hydrogen) atoms. The number of para-hydroxylation sites is 1.